The SMILES string of the molecule is CCCCc1ccc(C(=O)COC(=O)c2cccnc2N2CCCC2)cc1. The monoisotopic (exact) mass is 366 g/mol. The highest BCUT2D eigenvalue weighted by Crippen LogP contribution is 2.22. The highest BCUT2D eigenvalue weighted by molar-refractivity contribution is 6.00. The number of esters is 1. The van der Waals surface area contributed by atoms with Crippen LogP contribution in [0.2, 0.25) is 0 Å². The Morgan fingerprint density at radius 2 is 1.85 bits per heavy atom. The van der Waals surface area contributed by atoms with Crippen molar-refractivity contribution < 1.29 is 14.3 Å². The van der Waals surface area contributed by atoms with Gasteiger partial charge in [0.25, 0.3) is 0 Å². The molecule has 0 spiro atoms. The van der Waals surface area contributed by atoms with Gasteiger partial charge in [-0.25, -0.2) is 9.78 Å². The summed E-state index contributed by atoms with van der Waals surface area (Å²) in [7, 11) is 0. The van der Waals surface area contributed by atoms with Gasteiger partial charge in [-0.3, -0.25) is 4.79 Å². The zero-order valence-corrected chi connectivity index (χ0v) is 15.8. The molecule has 1 aromatic carbocycles. The molecule has 3 rings (SSSR count). The molecular formula is C22H26N2O3. The van der Waals surface area contributed by atoms with E-state index in [1.807, 2.05) is 12.1 Å². The lowest BCUT2D eigenvalue weighted by atomic mass is 10.0. The number of ketones is 1. The van der Waals surface area contributed by atoms with Gasteiger partial charge in [0.1, 0.15) is 11.4 Å². The summed E-state index contributed by atoms with van der Waals surface area (Å²) in [4.78, 5) is 31.3. The van der Waals surface area contributed by atoms with E-state index >= 15 is 0 Å². The number of Topliss-reactive ketones (excluding diaryl/α,β-unsaturated/α-hetero) is 1. The Kier molecular flexibility index (Phi) is 6.58. The number of nitrogens with zero attached hydrogens (tertiary/aromatic N) is 2. The largest absolute Gasteiger partial charge is 0.454 e. The van der Waals surface area contributed by atoms with Crippen molar-refractivity contribution in [3.05, 3.63) is 59.3 Å². The molecule has 5 heteroatoms. The lowest BCUT2D eigenvalue weighted by Gasteiger charge is -2.18. The number of ether oxygens (including phenoxy) is 1. The first kappa shape index (κ1) is 19.1. The predicted molar refractivity (Wildman–Crippen MR) is 105 cm³/mol. The second kappa shape index (κ2) is 9.31. The van der Waals surface area contributed by atoms with Crippen molar-refractivity contribution in [2.45, 2.75) is 39.0 Å². The van der Waals surface area contributed by atoms with Crippen molar-refractivity contribution in [1.82, 2.24) is 4.98 Å². The number of carbonyl (C=O) groups is 2. The Morgan fingerprint density at radius 1 is 1.11 bits per heavy atom. The predicted octanol–water partition coefficient (Wildman–Crippen LogP) is 4.06. The molecule has 0 radical (unpaired) electrons. The number of aromatic nitrogens is 1. The van der Waals surface area contributed by atoms with Gasteiger partial charge in [-0.2, -0.15) is 0 Å². The maximum atomic E-state index is 12.5. The van der Waals surface area contributed by atoms with E-state index in [1.54, 1.807) is 30.5 Å². The maximum Gasteiger partial charge on any atom is 0.342 e. The molecule has 0 amide bonds. The highest BCUT2D eigenvalue weighted by atomic mass is 16.5. The van der Waals surface area contributed by atoms with E-state index in [0.717, 1.165) is 45.2 Å². The van der Waals surface area contributed by atoms with Crippen molar-refractivity contribution in [2.24, 2.45) is 0 Å². The molecule has 2 heterocycles. The lowest BCUT2D eigenvalue weighted by Crippen LogP contribution is -2.23. The smallest absolute Gasteiger partial charge is 0.342 e. The van der Waals surface area contributed by atoms with Gasteiger partial charge in [-0.1, -0.05) is 37.6 Å². The van der Waals surface area contributed by atoms with E-state index in [1.165, 1.54) is 5.56 Å². The van der Waals surface area contributed by atoms with Crippen LogP contribution < -0.4 is 4.90 Å². The topological polar surface area (TPSA) is 59.5 Å². The maximum absolute atomic E-state index is 12.5. The summed E-state index contributed by atoms with van der Waals surface area (Å²) in [5, 5.41) is 0. The van der Waals surface area contributed by atoms with Crippen molar-refractivity contribution in [1.29, 1.82) is 0 Å². The van der Waals surface area contributed by atoms with Gasteiger partial charge in [0, 0.05) is 24.8 Å². The first-order valence-corrected chi connectivity index (χ1v) is 9.68. The molecule has 1 saturated heterocycles. The number of benzene rings is 1. The number of unbranched alkanes of at least 4 members (excludes halogenated alkanes) is 1. The van der Waals surface area contributed by atoms with E-state index in [2.05, 4.69) is 16.8 Å². The quantitative estimate of drug-likeness (QED) is 0.521. The molecule has 1 aromatic heterocycles. The fraction of sp³-hybridized carbons (Fsp3) is 0.409. The second-order valence-corrected chi connectivity index (χ2v) is 6.87. The van der Waals surface area contributed by atoms with Gasteiger partial charge in [0.05, 0.1) is 0 Å². The van der Waals surface area contributed by atoms with Gasteiger partial charge < -0.3 is 9.64 Å². The molecule has 0 atom stereocenters. The number of hydrogen-bond donors (Lipinski definition) is 0. The molecule has 0 N–H and O–H groups in total. The van der Waals surface area contributed by atoms with Crippen LogP contribution in [0.5, 0.6) is 0 Å². The first-order valence-electron chi connectivity index (χ1n) is 9.68. The summed E-state index contributed by atoms with van der Waals surface area (Å²) < 4.78 is 5.28. The van der Waals surface area contributed by atoms with E-state index in [0.29, 0.717) is 16.9 Å². The average molecular weight is 366 g/mol. The fourth-order valence-corrected chi connectivity index (χ4v) is 3.27. The Balaban J connectivity index is 1.60. The standard InChI is InChI=1S/C22H26N2O3/c1-2-3-7-17-9-11-18(12-10-17)20(25)16-27-22(26)19-8-6-13-23-21(19)24-14-4-5-15-24/h6,8-13H,2-5,7,14-16H2,1H3. The third-order valence-electron chi connectivity index (χ3n) is 4.84. The van der Waals surface area contributed by atoms with Gasteiger partial charge in [-0.15, -0.1) is 0 Å². The normalized spacial score (nSPS) is 13.6. The van der Waals surface area contributed by atoms with E-state index in [-0.39, 0.29) is 12.4 Å². The average Bonchev–Trinajstić information content (AvgIpc) is 3.25. The number of anilines is 1. The molecule has 0 bridgehead atoms. The molecule has 1 fully saturated rings. The molecule has 142 valence electrons. The number of carbonyl (C=O) groups excluding carboxylic acids is 2. The molecule has 1 aliphatic heterocycles. The lowest BCUT2D eigenvalue weighted by molar-refractivity contribution is 0.0475. The van der Waals surface area contributed by atoms with Crippen molar-refractivity contribution >= 4 is 17.6 Å². The molecule has 1 aliphatic rings. The molecule has 5 nitrogen and oxygen atoms in total. The van der Waals surface area contributed by atoms with Crippen LogP contribution in [-0.4, -0.2) is 36.4 Å². The molecule has 0 saturated carbocycles. The second-order valence-electron chi connectivity index (χ2n) is 6.87. The minimum atomic E-state index is -0.502. The molecule has 2 aromatic rings. The summed E-state index contributed by atoms with van der Waals surface area (Å²) in [5.74, 6) is -0.0531. The summed E-state index contributed by atoms with van der Waals surface area (Å²) in [6.45, 7) is 3.67. The fourth-order valence-electron chi connectivity index (χ4n) is 3.27. The molecule has 0 aliphatic carbocycles. The van der Waals surface area contributed by atoms with Crippen LogP contribution in [0.25, 0.3) is 0 Å². The summed E-state index contributed by atoms with van der Waals surface area (Å²) in [5.41, 5.74) is 2.20. The zero-order chi connectivity index (χ0) is 19.1. The highest BCUT2D eigenvalue weighted by Gasteiger charge is 2.22. The van der Waals surface area contributed by atoms with E-state index < -0.39 is 5.97 Å². The van der Waals surface area contributed by atoms with Crippen LogP contribution in [0.4, 0.5) is 5.82 Å². The van der Waals surface area contributed by atoms with Gasteiger partial charge >= 0.3 is 5.97 Å². The van der Waals surface area contributed by atoms with E-state index in [4.69, 9.17) is 4.74 Å². The van der Waals surface area contributed by atoms with Crippen molar-refractivity contribution in [3.8, 4) is 0 Å². The Morgan fingerprint density at radius 3 is 2.56 bits per heavy atom. The number of rotatable bonds is 8. The van der Waals surface area contributed by atoms with Crippen LogP contribution in [0, 0.1) is 0 Å². The van der Waals surface area contributed by atoms with Crippen LogP contribution in [0.1, 0.15) is 58.9 Å². The summed E-state index contributed by atoms with van der Waals surface area (Å²) in [6, 6.07) is 11.0. The van der Waals surface area contributed by atoms with Gasteiger partial charge in [-0.05, 0) is 43.4 Å². The minimum absolute atomic E-state index is 0.197. The van der Waals surface area contributed by atoms with Crippen molar-refractivity contribution in [2.75, 3.05) is 24.6 Å². The number of pyridine rings is 1. The van der Waals surface area contributed by atoms with Crippen LogP contribution in [0.3, 0.4) is 0 Å². The molecular weight excluding hydrogens is 340 g/mol. The minimum Gasteiger partial charge on any atom is -0.454 e. The first-order chi connectivity index (χ1) is 13.2. The number of aryl methyl sites for hydroxylation is 1. The third-order valence-corrected chi connectivity index (χ3v) is 4.84. The molecule has 27 heavy (non-hydrogen) atoms. The summed E-state index contributed by atoms with van der Waals surface area (Å²) >= 11 is 0. The summed E-state index contributed by atoms with van der Waals surface area (Å²) in [6.07, 6.45) is 7.16. The van der Waals surface area contributed by atoms with Crippen LogP contribution in [-0.2, 0) is 11.2 Å². The van der Waals surface area contributed by atoms with Gasteiger partial charge in [0.2, 0.25) is 0 Å². The Hall–Kier alpha value is -2.69. The van der Waals surface area contributed by atoms with Crippen LogP contribution in [0.15, 0.2) is 42.6 Å². The number of hydrogen-bond acceptors (Lipinski definition) is 5. The molecule has 0 unspecified atom stereocenters. The Labute approximate surface area is 160 Å². The third kappa shape index (κ3) is 4.94. The van der Waals surface area contributed by atoms with Gasteiger partial charge in [0.15, 0.2) is 12.4 Å². The van der Waals surface area contributed by atoms with Crippen molar-refractivity contribution in [3.63, 3.8) is 0 Å². The van der Waals surface area contributed by atoms with Crippen LogP contribution >= 0.6 is 0 Å². The van der Waals surface area contributed by atoms with E-state index in [9.17, 15) is 9.59 Å². The Bertz CT molecular complexity index is 780. The zero-order valence-electron chi connectivity index (χ0n) is 15.8.